The molecule has 202 valence electrons. The molecule has 3 aromatic carbocycles. The molecule has 2 heterocycles. The van der Waals surface area contributed by atoms with Crippen molar-refractivity contribution in [2.75, 3.05) is 38.7 Å². The summed E-state index contributed by atoms with van der Waals surface area (Å²) in [6.45, 7) is 6.23. The molecule has 0 saturated heterocycles. The maximum Gasteiger partial charge on any atom is 0.322 e. The lowest BCUT2D eigenvalue weighted by molar-refractivity contribution is -0.134. The molecule has 1 atom stereocenters. The molecule has 0 fully saturated rings. The summed E-state index contributed by atoms with van der Waals surface area (Å²) in [5, 5.41) is 5.02. The number of urea groups is 1. The summed E-state index contributed by atoms with van der Waals surface area (Å²) in [6.07, 6.45) is 2.06. The molecule has 1 aromatic heterocycles. The molecule has 0 bridgehead atoms. The van der Waals surface area contributed by atoms with Crippen LogP contribution in [-0.4, -0.2) is 59.7 Å². The topological polar surface area (TPSA) is 66.8 Å². The highest BCUT2D eigenvalue weighted by Gasteiger charge is 2.33. The van der Waals surface area contributed by atoms with E-state index in [1.165, 1.54) is 5.56 Å². The monoisotopic (exact) mass is 524 g/mol. The first kappa shape index (κ1) is 26.5. The van der Waals surface area contributed by atoms with Crippen LogP contribution in [-0.2, 0) is 16.1 Å². The van der Waals surface area contributed by atoms with E-state index in [1.54, 1.807) is 12.0 Å². The number of hydrogen-bond acceptors (Lipinski definition) is 3. The zero-order valence-corrected chi connectivity index (χ0v) is 22.8. The van der Waals surface area contributed by atoms with E-state index in [-0.39, 0.29) is 24.5 Å². The Hall–Kier alpha value is -4.10. The number of ether oxygens (including phenoxy) is 1. The Morgan fingerprint density at radius 2 is 1.74 bits per heavy atom. The fourth-order valence-corrected chi connectivity index (χ4v) is 5.30. The van der Waals surface area contributed by atoms with Crippen molar-refractivity contribution < 1.29 is 14.3 Å². The fraction of sp³-hybridized carbons (Fsp3) is 0.312. The largest absolute Gasteiger partial charge is 0.383 e. The average molecular weight is 525 g/mol. The van der Waals surface area contributed by atoms with E-state index >= 15 is 0 Å². The van der Waals surface area contributed by atoms with Gasteiger partial charge in [0.2, 0.25) is 5.91 Å². The first-order chi connectivity index (χ1) is 19.0. The van der Waals surface area contributed by atoms with Gasteiger partial charge in [-0.25, -0.2) is 4.79 Å². The van der Waals surface area contributed by atoms with E-state index in [1.807, 2.05) is 53.4 Å². The van der Waals surface area contributed by atoms with Crippen molar-refractivity contribution in [3.63, 3.8) is 0 Å². The number of carbonyl (C=O) groups is 2. The van der Waals surface area contributed by atoms with Gasteiger partial charge in [0.15, 0.2) is 0 Å². The number of aromatic nitrogens is 1. The third-order valence-corrected chi connectivity index (χ3v) is 7.49. The molecule has 1 N–H and O–H groups in total. The Morgan fingerprint density at radius 1 is 0.974 bits per heavy atom. The van der Waals surface area contributed by atoms with Crippen molar-refractivity contribution in [2.24, 2.45) is 0 Å². The van der Waals surface area contributed by atoms with Crippen LogP contribution in [0.25, 0.3) is 10.8 Å². The van der Waals surface area contributed by atoms with Gasteiger partial charge in [-0.3, -0.25) is 4.79 Å². The number of hydrogen-bond donors (Lipinski definition) is 1. The second kappa shape index (κ2) is 11.7. The van der Waals surface area contributed by atoms with Gasteiger partial charge < -0.3 is 24.4 Å². The van der Waals surface area contributed by atoms with Gasteiger partial charge in [0.1, 0.15) is 6.54 Å². The number of amides is 3. The Balaban J connectivity index is 1.39. The Kier molecular flexibility index (Phi) is 7.98. The van der Waals surface area contributed by atoms with Crippen LogP contribution in [0, 0.1) is 0 Å². The van der Waals surface area contributed by atoms with Gasteiger partial charge in [0.25, 0.3) is 0 Å². The van der Waals surface area contributed by atoms with Gasteiger partial charge >= 0.3 is 6.03 Å². The third kappa shape index (κ3) is 5.68. The minimum absolute atomic E-state index is 0.0404. The van der Waals surface area contributed by atoms with Gasteiger partial charge in [0, 0.05) is 44.0 Å². The molecule has 7 nitrogen and oxygen atoms in total. The van der Waals surface area contributed by atoms with E-state index in [0.717, 1.165) is 28.6 Å². The first-order valence-electron chi connectivity index (χ1n) is 13.5. The van der Waals surface area contributed by atoms with Crippen LogP contribution in [0.4, 0.5) is 10.5 Å². The van der Waals surface area contributed by atoms with E-state index in [4.69, 9.17) is 4.74 Å². The van der Waals surface area contributed by atoms with Gasteiger partial charge in [-0.1, -0.05) is 74.5 Å². The summed E-state index contributed by atoms with van der Waals surface area (Å²) >= 11 is 0. The number of anilines is 1. The zero-order chi connectivity index (χ0) is 27.4. The Bertz CT molecular complexity index is 1440. The fourth-order valence-electron chi connectivity index (χ4n) is 5.30. The molecule has 3 amide bonds. The summed E-state index contributed by atoms with van der Waals surface area (Å²) in [6, 6.07) is 25.8. The number of nitrogens with zero attached hydrogens (tertiary/aromatic N) is 3. The second-order valence-electron chi connectivity index (χ2n) is 10.3. The summed E-state index contributed by atoms with van der Waals surface area (Å²) in [5.41, 5.74) is 4.12. The molecule has 0 aliphatic carbocycles. The van der Waals surface area contributed by atoms with E-state index in [2.05, 4.69) is 60.3 Å². The van der Waals surface area contributed by atoms with Crippen molar-refractivity contribution in [3.8, 4) is 0 Å². The van der Waals surface area contributed by atoms with Gasteiger partial charge in [-0.15, -0.1) is 0 Å². The predicted molar refractivity (Wildman–Crippen MR) is 155 cm³/mol. The third-order valence-electron chi connectivity index (χ3n) is 7.49. The quantitative estimate of drug-likeness (QED) is 0.313. The number of benzene rings is 3. The average Bonchev–Trinajstić information content (AvgIpc) is 3.44. The molecule has 5 rings (SSSR count). The maximum absolute atomic E-state index is 13.9. The minimum Gasteiger partial charge on any atom is -0.383 e. The van der Waals surface area contributed by atoms with Crippen LogP contribution in [0.15, 0.2) is 85.1 Å². The number of nitrogens with one attached hydrogen (secondary N) is 1. The van der Waals surface area contributed by atoms with E-state index < -0.39 is 0 Å². The van der Waals surface area contributed by atoms with Crippen LogP contribution >= 0.6 is 0 Å². The molecule has 0 saturated carbocycles. The van der Waals surface area contributed by atoms with Crippen LogP contribution in [0.3, 0.4) is 0 Å². The first-order valence-corrected chi connectivity index (χ1v) is 13.5. The number of fused-ring (bicyclic) bond motifs is 2. The second-order valence-corrected chi connectivity index (χ2v) is 10.3. The minimum atomic E-state index is -0.324. The smallest absolute Gasteiger partial charge is 0.322 e. The molecule has 1 aliphatic heterocycles. The summed E-state index contributed by atoms with van der Waals surface area (Å²) in [5.74, 6) is 0.339. The van der Waals surface area contributed by atoms with Crippen molar-refractivity contribution in [1.29, 1.82) is 0 Å². The summed E-state index contributed by atoms with van der Waals surface area (Å²) in [7, 11) is 1.60. The van der Waals surface area contributed by atoms with Crippen LogP contribution in [0.2, 0.25) is 0 Å². The number of methoxy groups -OCH3 is 1. The Labute approximate surface area is 230 Å². The van der Waals surface area contributed by atoms with Crippen molar-refractivity contribution in [1.82, 2.24) is 14.4 Å². The lowest BCUT2D eigenvalue weighted by atomic mass is 9.95. The highest BCUT2D eigenvalue weighted by Crippen LogP contribution is 2.33. The molecule has 1 aliphatic rings. The molecule has 0 spiro atoms. The lowest BCUT2D eigenvalue weighted by Gasteiger charge is -2.38. The zero-order valence-electron chi connectivity index (χ0n) is 22.8. The summed E-state index contributed by atoms with van der Waals surface area (Å²) < 4.78 is 7.49. The molecule has 39 heavy (non-hydrogen) atoms. The van der Waals surface area contributed by atoms with Crippen LogP contribution < -0.4 is 5.32 Å². The number of carbonyl (C=O) groups excluding carboxylic acids is 2. The molecule has 4 aromatic rings. The molecule has 0 radical (unpaired) electrons. The summed E-state index contributed by atoms with van der Waals surface area (Å²) in [4.78, 5) is 30.8. The number of rotatable bonds is 8. The van der Waals surface area contributed by atoms with Gasteiger partial charge in [-0.05, 0) is 40.6 Å². The SMILES string of the molecule is COCCN(CC(=O)N1CCn2cccc2C1c1ccc(C(C)C)cc1)C(=O)Nc1cccc2ccccc12. The predicted octanol–water partition coefficient (Wildman–Crippen LogP) is 5.88. The standard InChI is InChI=1S/C32H36N4O3/c1-23(2)24-13-15-26(16-14-24)31-29-12-7-17-34(29)18-19-36(31)30(37)22-35(20-21-39-3)32(38)33-28-11-6-9-25-8-4-5-10-27(25)28/h4-17,23,31H,18-22H2,1-3H3,(H,33,38). The molecular weight excluding hydrogens is 488 g/mol. The Morgan fingerprint density at radius 3 is 2.51 bits per heavy atom. The molecular formula is C32H36N4O3. The van der Waals surface area contributed by atoms with E-state index in [9.17, 15) is 9.59 Å². The lowest BCUT2D eigenvalue weighted by Crippen LogP contribution is -2.49. The van der Waals surface area contributed by atoms with Crippen LogP contribution in [0.1, 0.15) is 42.6 Å². The van der Waals surface area contributed by atoms with Crippen LogP contribution in [0.5, 0.6) is 0 Å². The van der Waals surface area contributed by atoms with Crippen molar-refractivity contribution in [3.05, 3.63) is 102 Å². The maximum atomic E-state index is 13.9. The van der Waals surface area contributed by atoms with Crippen molar-refractivity contribution in [2.45, 2.75) is 32.4 Å². The normalized spacial score (nSPS) is 14.9. The van der Waals surface area contributed by atoms with Gasteiger partial charge in [0.05, 0.1) is 18.3 Å². The highest BCUT2D eigenvalue weighted by molar-refractivity contribution is 6.02. The highest BCUT2D eigenvalue weighted by atomic mass is 16.5. The van der Waals surface area contributed by atoms with E-state index in [0.29, 0.717) is 31.3 Å². The van der Waals surface area contributed by atoms with Crippen molar-refractivity contribution >= 4 is 28.4 Å². The van der Waals surface area contributed by atoms with Gasteiger partial charge in [-0.2, -0.15) is 0 Å². The molecule has 7 heteroatoms. The molecule has 1 unspecified atom stereocenters.